The van der Waals surface area contributed by atoms with Crippen molar-refractivity contribution in [3.8, 4) is 28.4 Å². The van der Waals surface area contributed by atoms with Crippen LogP contribution in [0.2, 0.25) is 0 Å². The molecule has 250 valence electrons. The number of nitrogens with zero attached hydrogens (tertiary/aromatic N) is 1. The summed E-state index contributed by atoms with van der Waals surface area (Å²) in [5.74, 6) is 1.31. The van der Waals surface area contributed by atoms with E-state index >= 15 is 0 Å². The van der Waals surface area contributed by atoms with Crippen molar-refractivity contribution in [1.82, 2.24) is 0 Å². The Labute approximate surface area is 303 Å². The van der Waals surface area contributed by atoms with Crippen molar-refractivity contribution >= 4 is 22.5 Å². The molecule has 0 aromatic heterocycles. The Bertz CT molecular complexity index is 2490. The molecule has 0 saturated heterocycles. The Kier molecular flexibility index (Phi) is 6.87. The van der Waals surface area contributed by atoms with E-state index < -0.39 is 5.41 Å². The quantitative estimate of drug-likeness (QED) is 0.179. The first-order chi connectivity index (χ1) is 25.7. The second-order valence-electron chi connectivity index (χ2n) is 13.7. The number of rotatable bonds is 6. The summed E-state index contributed by atoms with van der Waals surface area (Å²) in [6, 6.07) is 50.3. The van der Waals surface area contributed by atoms with Crippen LogP contribution in [0, 0.1) is 0 Å². The summed E-state index contributed by atoms with van der Waals surface area (Å²) < 4.78 is 13.1. The highest BCUT2D eigenvalue weighted by molar-refractivity contribution is 5.95. The van der Waals surface area contributed by atoms with Crippen molar-refractivity contribution in [3.63, 3.8) is 0 Å². The molecule has 6 aromatic carbocycles. The van der Waals surface area contributed by atoms with E-state index in [9.17, 15) is 5.11 Å². The average Bonchev–Trinajstić information content (AvgIpc) is 3.80. The number of hydrogen-bond donors (Lipinski definition) is 1. The van der Waals surface area contributed by atoms with E-state index in [1.807, 2.05) is 42.5 Å². The Hall–Kier alpha value is -6.52. The number of fused-ring (bicyclic) bond motifs is 10. The van der Waals surface area contributed by atoms with Crippen molar-refractivity contribution < 1.29 is 14.6 Å². The molecule has 0 saturated carbocycles. The lowest BCUT2D eigenvalue weighted by Crippen LogP contribution is -2.26. The number of phenolic OH excluding ortho intramolecular Hbond substituents is 1. The molecule has 1 N–H and O–H groups in total. The Morgan fingerprint density at radius 3 is 2.04 bits per heavy atom. The van der Waals surface area contributed by atoms with Crippen molar-refractivity contribution in [1.29, 1.82) is 0 Å². The topological polar surface area (TPSA) is 41.9 Å². The highest BCUT2D eigenvalue weighted by Crippen LogP contribution is 2.62. The first-order valence-electron chi connectivity index (χ1n) is 17.8. The van der Waals surface area contributed by atoms with Gasteiger partial charge in [0.15, 0.2) is 11.5 Å². The second-order valence-corrected chi connectivity index (χ2v) is 13.7. The maximum Gasteiger partial charge on any atom is 0.192 e. The molecule has 1 atom stereocenters. The standard InChI is InChI=1S/C48H35NO3/c1-31-33-17-5-9-21-38(33)48(39-22-10-6-18-34(39)35-19-7-11-23-40(35)48)37(31)29-30-51-47-42(25-13-26-43(47)50)49(32-15-3-2-4-16-32)41-24-14-28-45-46(41)36-20-8-12-27-44(36)52-45/h2-27,29-30,45,50H,28H2,1H3/b30-29+/t45-/m0/s1. The Morgan fingerprint density at radius 1 is 0.692 bits per heavy atom. The molecule has 0 fully saturated rings. The molecule has 0 amide bonds. The van der Waals surface area contributed by atoms with E-state index in [1.165, 1.54) is 39.0 Å². The fourth-order valence-corrected chi connectivity index (χ4v) is 8.97. The predicted molar refractivity (Wildman–Crippen MR) is 209 cm³/mol. The molecule has 1 aliphatic heterocycles. The van der Waals surface area contributed by atoms with Gasteiger partial charge in [0.25, 0.3) is 0 Å². The maximum absolute atomic E-state index is 11.5. The second kappa shape index (κ2) is 11.8. The van der Waals surface area contributed by atoms with Crippen LogP contribution in [0.1, 0.15) is 41.2 Å². The summed E-state index contributed by atoms with van der Waals surface area (Å²) in [4.78, 5) is 2.17. The fraction of sp³-hybridized carbons (Fsp3) is 0.0833. The number of anilines is 2. The van der Waals surface area contributed by atoms with Gasteiger partial charge in [-0.05, 0) is 93.9 Å². The number of ether oxygens (including phenoxy) is 2. The lowest BCUT2D eigenvalue weighted by atomic mass is 9.69. The molecular formula is C48H35NO3. The van der Waals surface area contributed by atoms with Crippen molar-refractivity contribution in [2.45, 2.75) is 24.9 Å². The van der Waals surface area contributed by atoms with Crippen LogP contribution in [0.15, 0.2) is 181 Å². The van der Waals surface area contributed by atoms with Gasteiger partial charge in [0.2, 0.25) is 0 Å². The SMILES string of the molecule is CC1=C(/C=C/Oc2c(O)cccc2N(C2=C3c4ccccc4O[C@H]3CC=C2)c2ccccc2)C2(c3ccccc31)c1ccccc1-c1ccccc12. The van der Waals surface area contributed by atoms with E-state index in [4.69, 9.17) is 9.47 Å². The van der Waals surface area contributed by atoms with Gasteiger partial charge < -0.3 is 19.5 Å². The molecule has 52 heavy (non-hydrogen) atoms. The Balaban J connectivity index is 1.12. The molecular weight excluding hydrogens is 639 g/mol. The zero-order chi connectivity index (χ0) is 34.8. The summed E-state index contributed by atoms with van der Waals surface area (Å²) in [7, 11) is 0. The van der Waals surface area contributed by atoms with Crippen molar-refractivity contribution in [2.24, 2.45) is 0 Å². The molecule has 10 rings (SSSR count). The van der Waals surface area contributed by atoms with Crippen LogP contribution in [0.3, 0.4) is 0 Å². The van der Waals surface area contributed by atoms with Gasteiger partial charge in [0.05, 0.1) is 23.1 Å². The van der Waals surface area contributed by atoms with Crippen LogP contribution in [-0.4, -0.2) is 11.2 Å². The molecule has 0 unspecified atom stereocenters. The molecule has 4 heteroatoms. The number of hydrogen-bond acceptors (Lipinski definition) is 4. The van der Waals surface area contributed by atoms with E-state index in [1.54, 1.807) is 12.3 Å². The number of phenols is 1. The largest absolute Gasteiger partial charge is 0.504 e. The first-order valence-corrected chi connectivity index (χ1v) is 17.8. The molecule has 4 aliphatic rings. The molecule has 6 aromatic rings. The van der Waals surface area contributed by atoms with Crippen molar-refractivity contribution in [2.75, 3.05) is 4.90 Å². The highest BCUT2D eigenvalue weighted by Gasteiger charge is 2.51. The third kappa shape index (κ3) is 4.27. The van der Waals surface area contributed by atoms with Gasteiger partial charge in [0.1, 0.15) is 11.9 Å². The zero-order valence-corrected chi connectivity index (χ0v) is 28.7. The smallest absolute Gasteiger partial charge is 0.192 e. The van der Waals surface area contributed by atoms with E-state index in [0.29, 0.717) is 5.75 Å². The first kappa shape index (κ1) is 30.3. The summed E-state index contributed by atoms with van der Waals surface area (Å²) in [5, 5.41) is 11.5. The van der Waals surface area contributed by atoms with Crippen LogP contribution in [-0.2, 0) is 5.41 Å². The van der Waals surface area contributed by atoms with Gasteiger partial charge in [0, 0.05) is 23.2 Å². The van der Waals surface area contributed by atoms with Gasteiger partial charge in [-0.25, -0.2) is 0 Å². The normalized spacial score (nSPS) is 17.1. The minimum Gasteiger partial charge on any atom is -0.504 e. The number of allylic oxidation sites excluding steroid dienone is 4. The van der Waals surface area contributed by atoms with Crippen LogP contribution in [0.5, 0.6) is 17.2 Å². The average molecular weight is 674 g/mol. The summed E-state index contributed by atoms with van der Waals surface area (Å²) >= 11 is 0. The maximum atomic E-state index is 11.5. The monoisotopic (exact) mass is 673 g/mol. The van der Waals surface area contributed by atoms with Crippen molar-refractivity contribution in [3.05, 3.63) is 209 Å². The summed E-state index contributed by atoms with van der Waals surface area (Å²) in [6.45, 7) is 2.21. The molecule has 3 aliphatic carbocycles. The predicted octanol–water partition coefficient (Wildman–Crippen LogP) is 11.4. The molecule has 1 heterocycles. The number of aromatic hydroxyl groups is 1. The van der Waals surface area contributed by atoms with Gasteiger partial charge in [-0.15, -0.1) is 0 Å². The van der Waals surface area contributed by atoms with Crippen LogP contribution < -0.4 is 14.4 Å². The third-order valence-corrected chi connectivity index (χ3v) is 11.1. The Morgan fingerprint density at radius 2 is 1.31 bits per heavy atom. The molecule has 0 bridgehead atoms. The number of para-hydroxylation sites is 3. The van der Waals surface area contributed by atoms with Crippen LogP contribution in [0.4, 0.5) is 11.4 Å². The molecule has 4 nitrogen and oxygen atoms in total. The van der Waals surface area contributed by atoms with Crippen LogP contribution in [0.25, 0.3) is 22.3 Å². The minimum absolute atomic E-state index is 0.0553. The lowest BCUT2D eigenvalue weighted by molar-refractivity contribution is 0.278. The van der Waals surface area contributed by atoms with E-state index in [2.05, 4.69) is 127 Å². The lowest BCUT2D eigenvalue weighted by Gasteiger charge is -2.32. The molecule has 1 spiro atoms. The zero-order valence-electron chi connectivity index (χ0n) is 28.7. The van der Waals surface area contributed by atoms with Gasteiger partial charge in [-0.2, -0.15) is 0 Å². The minimum atomic E-state index is -0.490. The van der Waals surface area contributed by atoms with Crippen LogP contribution >= 0.6 is 0 Å². The third-order valence-electron chi connectivity index (χ3n) is 11.1. The van der Waals surface area contributed by atoms with E-state index in [-0.39, 0.29) is 11.9 Å². The van der Waals surface area contributed by atoms with Gasteiger partial charge in [-0.3, -0.25) is 0 Å². The highest BCUT2D eigenvalue weighted by atomic mass is 16.5. The fourth-order valence-electron chi connectivity index (χ4n) is 8.97. The number of benzene rings is 6. The summed E-state index contributed by atoms with van der Waals surface area (Å²) in [5.41, 5.74) is 14.3. The van der Waals surface area contributed by atoms with Gasteiger partial charge in [-0.1, -0.05) is 121 Å². The summed E-state index contributed by atoms with van der Waals surface area (Å²) in [6.07, 6.45) is 8.87. The van der Waals surface area contributed by atoms with Gasteiger partial charge >= 0.3 is 0 Å². The van der Waals surface area contributed by atoms with E-state index in [0.717, 1.165) is 46.0 Å². The molecule has 0 radical (unpaired) electrons.